The summed E-state index contributed by atoms with van der Waals surface area (Å²) in [4.78, 5) is 9.01. The van der Waals surface area contributed by atoms with Crippen molar-refractivity contribution in [2.45, 2.75) is 32.6 Å². The highest BCUT2D eigenvalue weighted by atomic mass is 127. The SMILES string of the molecule is CCNC(=NCCCOCC1CC1)NCCc1nc(-c2ccco2)n[nH]1.I. The maximum atomic E-state index is 5.63. The van der Waals surface area contributed by atoms with E-state index in [1.807, 2.05) is 12.1 Å². The van der Waals surface area contributed by atoms with E-state index < -0.39 is 0 Å². The van der Waals surface area contributed by atoms with Crippen molar-refractivity contribution in [2.24, 2.45) is 10.9 Å². The summed E-state index contributed by atoms with van der Waals surface area (Å²) < 4.78 is 10.9. The molecule has 2 aromatic heterocycles. The molecule has 0 radical (unpaired) electrons. The van der Waals surface area contributed by atoms with Crippen LogP contribution in [0.2, 0.25) is 0 Å². The molecule has 0 spiro atoms. The van der Waals surface area contributed by atoms with Gasteiger partial charge >= 0.3 is 0 Å². The lowest BCUT2D eigenvalue weighted by Gasteiger charge is -2.10. The van der Waals surface area contributed by atoms with Crippen molar-refractivity contribution in [3.63, 3.8) is 0 Å². The summed E-state index contributed by atoms with van der Waals surface area (Å²) >= 11 is 0. The van der Waals surface area contributed by atoms with Gasteiger partial charge in [0.15, 0.2) is 11.7 Å². The van der Waals surface area contributed by atoms with Crippen LogP contribution in [0.4, 0.5) is 0 Å². The van der Waals surface area contributed by atoms with Gasteiger partial charge in [-0.15, -0.1) is 24.0 Å². The van der Waals surface area contributed by atoms with E-state index in [-0.39, 0.29) is 24.0 Å². The van der Waals surface area contributed by atoms with Gasteiger partial charge in [-0.25, -0.2) is 4.98 Å². The molecule has 3 rings (SSSR count). The number of ether oxygens (including phenoxy) is 1. The van der Waals surface area contributed by atoms with E-state index in [1.54, 1.807) is 6.26 Å². The van der Waals surface area contributed by atoms with Gasteiger partial charge in [-0.1, -0.05) is 0 Å². The van der Waals surface area contributed by atoms with Crippen molar-refractivity contribution in [1.82, 2.24) is 25.8 Å². The molecule has 27 heavy (non-hydrogen) atoms. The van der Waals surface area contributed by atoms with Crippen LogP contribution in [0.5, 0.6) is 0 Å². The maximum absolute atomic E-state index is 5.63. The topological polar surface area (TPSA) is 100 Å². The first-order valence-corrected chi connectivity index (χ1v) is 9.40. The third kappa shape index (κ3) is 7.87. The molecule has 1 aliphatic rings. The molecule has 0 unspecified atom stereocenters. The number of guanidine groups is 1. The molecule has 1 saturated carbocycles. The molecular weight excluding hydrogens is 459 g/mol. The van der Waals surface area contributed by atoms with Crippen molar-refractivity contribution in [3.05, 3.63) is 24.2 Å². The lowest BCUT2D eigenvalue weighted by molar-refractivity contribution is 0.123. The number of H-pyrrole nitrogens is 1. The fourth-order valence-corrected chi connectivity index (χ4v) is 2.46. The van der Waals surface area contributed by atoms with E-state index in [0.717, 1.165) is 63.4 Å². The summed E-state index contributed by atoms with van der Waals surface area (Å²) in [6.45, 7) is 6.06. The van der Waals surface area contributed by atoms with Crippen LogP contribution in [0.1, 0.15) is 32.0 Å². The Kier molecular flexibility index (Phi) is 9.60. The zero-order valence-electron chi connectivity index (χ0n) is 15.7. The second-order valence-corrected chi connectivity index (χ2v) is 6.39. The van der Waals surface area contributed by atoms with Crippen LogP contribution in [0.25, 0.3) is 11.6 Å². The monoisotopic (exact) mass is 488 g/mol. The van der Waals surface area contributed by atoms with Crippen LogP contribution >= 0.6 is 24.0 Å². The minimum atomic E-state index is 0. The second-order valence-electron chi connectivity index (χ2n) is 6.39. The normalized spacial score (nSPS) is 14.0. The van der Waals surface area contributed by atoms with Crippen LogP contribution in [-0.4, -0.2) is 54.0 Å². The quantitative estimate of drug-likeness (QED) is 0.195. The first-order chi connectivity index (χ1) is 12.8. The van der Waals surface area contributed by atoms with Crippen molar-refractivity contribution in [1.29, 1.82) is 0 Å². The average Bonchev–Trinajstić information content (AvgIpc) is 3.11. The largest absolute Gasteiger partial charge is 0.461 e. The van der Waals surface area contributed by atoms with E-state index >= 15 is 0 Å². The number of furan rings is 1. The van der Waals surface area contributed by atoms with Gasteiger partial charge in [-0.05, 0) is 44.2 Å². The van der Waals surface area contributed by atoms with Gasteiger partial charge in [-0.3, -0.25) is 10.1 Å². The molecule has 2 heterocycles. The number of aromatic amines is 1. The minimum Gasteiger partial charge on any atom is -0.461 e. The number of nitrogens with zero attached hydrogens (tertiary/aromatic N) is 3. The van der Waals surface area contributed by atoms with Gasteiger partial charge < -0.3 is 19.8 Å². The highest BCUT2D eigenvalue weighted by molar-refractivity contribution is 14.0. The van der Waals surface area contributed by atoms with E-state index in [2.05, 4.69) is 37.7 Å². The van der Waals surface area contributed by atoms with Crippen LogP contribution < -0.4 is 10.6 Å². The van der Waals surface area contributed by atoms with E-state index in [9.17, 15) is 0 Å². The molecule has 0 amide bonds. The number of rotatable bonds is 11. The lowest BCUT2D eigenvalue weighted by Crippen LogP contribution is -2.38. The summed E-state index contributed by atoms with van der Waals surface area (Å²) in [6.07, 6.45) is 5.95. The molecular formula is C18H29IN6O2. The molecule has 0 bridgehead atoms. The zero-order valence-corrected chi connectivity index (χ0v) is 18.1. The molecule has 2 aromatic rings. The molecule has 0 aromatic carbocycles. The number of halogens is 1. The Labute approximate surface area is 177 Å². The van der Waals surface area contributed by atoms with Crippen LogP contribution in [0, 0.1) is 5.92 Å². The van der Waals surface area contributed by atoms with Crippen molar-refractivity contribution < 1.29 is 9.15 Å². The summed E-state index contributed by atoms with van der Waals surface area (Å²) in [6, 6.07) is 3.67. The third-order valence-electron chi connectivity index (χ3n) is 4.04. The van der Waals surface area contributed by atoms with Gasteiger partial charge in [0.1, 0.15) is 5.82 Å². The first kappa shape index (κ1) is 21.7. The zero-order chi connectivity index (χ0) is 18.0. The smallest absolute Gasteiger partial charge is 0.216 e. The van der Waals surface area contributed by atoms with Gasteiger partial charge in [-0.2, -0.15) is 5.10 Å². The van der Waals surface area contributed by atoms with E-state index in [4.69, 9.17) is 9.15 Å². The molecule has 8 nitrogen and oxygen atoms in total. The minimum absolute atomic E-state index is 0. The molecule has 0 saturated heterocycles. The third-order valence-corrected chi connectivity index (χ3v) is 4.04. The Morgan fingerprint density at radius 1 is 1.41 bits per heavy atom. The Balaban J connectivity index is 0.00000261. The summed E-state index contributed by atoms with van der Waals surface area (Å²) in [5, 5.41) is 13.7. The van der Waals surface area contributed by atoms with E-state index in [0.29, 0.717) is 11.6 Å². The van der Waals surface area contributed by atoms with Gasteiger partial charge in [0.05, 0.1) is 6.26 Å². The van der Waals surface area contributed by atoms with Crippen molar-refractivity contribution in [2.75, 3.05) is 32.8 Å². The van der Waals surface area contributed by atoms with Gasteiger partial charge in [0, 0.05) is 39.3 Å². The number of hydrogen-bond acceptors (Lipinski definition) is 5. The van der Waals surface area contributed by atoms with Crippen molar-refractivity contribution >= 4 is 29.9 Å². The Morgan fingerprint density at radius 2 is 2.30 bits per heavy atom. The number of aliphatic imine (C=N–C) groups is 1. The molecule has 0 atom stereocenters. The van der Waals surface area contributed by atoms with Crippen LogP contribution in [-0.2, 0) is 11.2 Å². The second kappa shape index (κ2) is 12.0. The lowest BCUT2D eigenvalue weighted by atomic mass is 10.4. The molecule has 0 aliphatic heterocycles. The molecule has 9 heteroatoms. The summed E-state index contributed by atoms with van der Waals surface area (Å²) in [7, 11) is 0. The number of aromatic nitrogens is 3. The highest BCUT2D eigenvalue weighted by Gasteiger charge is 2.20. The fraction of sp³-hybridized carbons (Fsp3) is 0.611. The average molecular weight is 488 g/mol. The Bertz CT molecular complexity index is 669. The summed E-state index contributed by atoms with van der Waals surface area (Å²) in [5.41, 5.74) is 0. The predicted molar refractivity (Wildman–Crippen MR) is 115 cm³/mol. The van der Waals surface area contributed by atoms with Crippen molar-refractivity contribution in [3.8, 4) is 11.6 Å². The summed E-state index contributed by atoms with van der Waals surface area (Å²) in [5.74, 6) is 3.70. The van der Waals surface area contributed by atoms with E-state index in [1.165, 1.54) is 12.8 Å². The first-order valence-electron chi connectivity index (χ1n) is 9.40. The highest BCUT2D eigenvalue weighted by Crippen LogP contribution is 2.28. The van der Waals surface area contributed by atoms with Gasteiger partial charge in [0.25, 0.3) is 0 Å². The maximum Gasteiger partial charge on any atom is 0.216 e. The van der Waals surface area contributed by atoms with Crippen LogP contribution in [0.15, 0.2) is 27.8 Å². The molecule has 150 valence electrons. The standard InChI is InChI=1S/C18H28N6O2.HI/c1-2-19-18(20-9-4-11-25-13-14-6-7-14)21-10-8-16-22-17(24-23-16)15-5-3-12-26-15;/h3,5,12,14H,2,4,6-11,13H2,1H3,(H2,19,20,21)(H,22,23,24);1H. The van der Waals surface area contributed by atoms with Gasteiger partial charge in [0.2, 0.25) is 5.82 Å². The molecule has 3 N–H and O–H groups in total. The molecule has 1 aliphatic carbocycles. The molecule has 1 fully saturated rings. The predicted octanol–water partition coefficient (Wildman–Crippen LogP) is 2.60. The number of nitrogens with one attached hydrogen (secondary N) is 3. The fourth-order valence-electron chi connectivity index (χ4n) is 2.46. The number of hydrogen-bond donors (Lipinski definition) is 3. The Hall–Kier alpha value is -1.62. The van der Waals surface area contributed by atoms with Crippen LogP contribution in [0.3, 0.4) is 0 Å². The Morgan fingerprint density at radius 3 is 3.04 bits per heavy atom.